The Bertz CT molecular complexity index is 811. The number of amides is 1. The minimum Gasteiger partial charge on any atom is -0.330 e. The Labute approximate surface area is 132 Å². The van der Waals surface area contributed by atoms with Crippen molar-refractivity contribution in [3.05, 3.63) is 58.7 Å². The number of hydrogen-bond donors (Lipinski definition) is 3. The van der Waals surface area contributed by atoms with Gasteiger partial charge in [0, 0.05) is 16.1 Å². The largest absolute Gasteiger partial charge is 0.330 e. The lowest BCUT2D eigenvalue weighted by Gasteiger charge is -2.08. The summed E-state index contributed by atoms with van der Waals surface area (Å²) < 4.78 is 0. The third-order valence-electron chi connectivity index (χ3n) is 3.41. The summed E-state index contributed by atoms with van der Waals surface area (Å²) in [5.74, 6) is -0.222. The number of halogens is 1. The first-order valence-electron chi connectivity index (χ1n) is 6.90. The fourth-order valence-electron chi connectivity index (χ4n) is 2.32. The van der Waals surface area contributed by atoms with Gasteiger partial charge in [-0.1, -0.05) is 23.7 Å². The maximum absolute atomic E-state index is 12.5. The van der Waals surface area contributed by atoms with Gasteiger partial charge < -0.3 is 11.1 Å². The third-order valence-corrected chi connectivity index (χ3v) is 3.63. The summed E-state index contributed by atoms with van der Waals surface area (Å²) in [6.07, 6.45) is 2.43. The number of rotatable bonds is 4. The van der Waals surface area contributed by atoms with Gasteiger partial charge in [0.25, 0.3) is 5.91 Å². The zero-order valence-corrected chi connectivity index (χ0v) is 12.5. The molecule has 22 heavy (non-hydrogen) atoms. The molecule has 4 N–H and O–H groups in total. The van der Waals surface area contributed by atoms with E-state index in [0.717, 1.165) is 28.6 Å². The first-order valence-corrected chi connectivity index (χ1v) is 7.28. The van der Waals surface area contributed by atoms with Crippen LogP contribution in [0.4, 0.5) is 5.69 Å². The van der Waals surface area contributed by atoms with Gasteiger partial charge in [-0.3, -0.25) is 9.89 Å². The first-order chi connectivity index (χ1) is 10.7. The summed E-state index contributed by atoms with van der Waals surface area (Å²) in [6, 6.07) is 11.0. The molecule has 6 heteroatoms. The molecular weight excluding hydrogens is 300 g/mol. The number of aromatic nitrogens is 2. The fourth-order valence-corrected chi connectivity index (χ4v) is 2.54. The van der Waals surface area contributed by atoms with Gasteiger partial charge in [-0.2, -0.15) is 5.10 Å². The molecule has 1 aromatic heterocycles. The van der Waals surface area contributed by atoms with E-state index in [0.29, 0.717) is 17.1 Å². The van der Waals surface area contributed by atoms with E-state index in [-0.39, 0.29) is 5.91 Å². The molecular formula is C16H15ClN4O. The molecule has 3 aromatic rings. The van der Waals surface area contributed by atoms with Crippen molar-refractivity contribution in [2.45, 2.75) is 6.42 Å². The summed E-state index contributed by atoms with van der Waals surface area (Å²) >= 11 is 6.04. The molecule has 0 aliphatic carbocycles. The first kappa shape index (κ1) is 14.6. The van der Waals surface area contributed by atoms with Crippen LogP contribution in [0.2, 0.25) is 5.02 Å². The highest BCUT2D eigenvalue weighted by molar-refractivity contribution is 6.32. The number of nitrogens with two attached hydrogens (primary N) is 1. The molecule has 0 aliphatic heterocycles. The summed E-state index contributed by atoms with van der Waals surface area (Å²) in [4.78, 5) is 12.5. The van der Waals surface area contributed by atoms with Gasteiger partial charge >= 0.3 is 0 Å². The Morgan fingerprint density at radius 2 is 2.05 bits per heavy atom. The van der Waals surface area contributed by atoms with E-state index in [1.54, 1.807) is 18.3 Å². The Kier molecular flexibility index (Phi) is 4.09. The van der Waals surface area contributed by atoms with Crippen molar-refractivity contribution in [2.24, 2.45) is 5.73 Å². The molecule has 0 unspecified atom stereocenters. The molecule has 0 radical (unpaired) electrons. The highest BCUT2D eigenvalue weighted by atomic mass is 35.5. The summed E-state index contributed by atoms with van der Waals surface area (Å²) in [7, 11) is 0. The zero-order chi connectivity index (χ0) is 15.5. The quantitative estimate of drug-likeness (QED) is 0.692. The number of carbonyl (C=O) groups is 1. The van der Waals surface area contributed by atoms with Gasteiger partial charge in [0.1, 0.15) is 0 Å². The van der Waals surface area contributed by atoms with Gasteiger partial charge in [-0.05, 0) is 42.8 Å². The molecule has 112 valence electrons. The molecule has 0 aliphatic rings. The Balaban J connectivity index is 1.85. The van der Waals surface area contributed by atoms with Gasteiger partial charge in [0.05, 0.1) is 17.3 Å². The average Bonchev–Trinajstić information content (AvgIpc) is 2.96. The van der Waals surface area contributed by atoms with Crippen LogP contribution in [0.5, 0.6) is 0 Å². The lowest BCUT2D eigenvalue weighted by Crippen LogP contribution is -2.12. The van der Waals surface area contributed by atoms with Gasteiger partial charge in [-0.25, -0.2) is 0 Å². The number of carbonyl (C=O) groups excluding carboxylic acids is 1. The molecule has 0 atom stereocenters. The molecule has 1 amide bonds. The molecule has 0 saturated heterocycles. The van der Waals surface area contributed by atoms with E-state index in [1.165, 1.54) is 0 Å². The molecule has 0 spiro atoms. The number of fused-ring (bicyclic) bond motifs is 1. The number of nitrogens with zero attached hydrogens (tertiary/aromatic N) is 1. The van der Waals surface area contributed by atoms with Crippen molar-refractivity contribution in [3.8, 4) is 0 Å². The molecule has 3 rings (SSSR count). The minimum atomic E-state index is -0.222. The SMILES string of the molecule is NCCc1ccc(NC(=O)c2cc(Cl)cc3[nH]ncc23)cc1. The van der Waals surface area contributed by atoms with E-state index in [2.05, 4.69) is 15.5 Å². The fraction of sp³-hybridized carbons (Fsp3) is 0.125. The van der Waals surface area contributed by atoms with E-state index in [9.17, 15) is 4.79 Å². The zero-order valence-electron chi connectivity index (χ0n) is 11.8. The number of H-pyrrole nitrogens is 1. The predicted molar refractivity (Wildman–Crippen MR) is 88.3 cm³/mol. The average molecular weight is 315 g/mol. The van der Waals surface area contributed by atoms with Crippen LogP contribution in [-0.2, 0) is 6.42 Å². The monoisotopic (exact) mass is 314 g/mol. The van der Waals surface area contributed by atoms with Crippen LogP contribution in [0, 0.1) is 0 Å². The van der Waals surface area contributed by atoms with Crippen LogP contribution in [0.25, 0.3) is 10.9 Å². The van der Waals surface area contributed by atoms with Crippen LogP contribution in [0.1, 0.15) is 15.9 Å². The normalized spacial score (nSPS) is 10.8. The second-order valence-electron chi connectivity index (χ2n) is 4.97. The van der Waals surface area contributed by atoms with Crippen molar-refractivity contribution in [1.29, 1.82) is 0 Å². The van der Waals surface area contributed by atoms with Gasteiger partial charge in [0.15, 0.2) is 0 Å². The molecule has 1 heterocycles. The van der Waals surface area contributed by atoms with E-state index in [4.69, 9.17) is 17.3 Å². The molecule has 0 fully saturated rings. The van der Waals surface area contributed by atoms with Crippen LogP contribution in [0.15, 0.2) is 42.6 Å². The van der Waals surface area contributed by atoms with Crippen LogP contribution >= 0.6 is 11.6 Å². The standard InChI is InChI=1S/C16H15ClN4O/c17-11-7-13(14-9-19-21-15(14)8-11)16(22)20-12-3-1-10(2-4-12)5-6-18/h1-4,7-9H,5-6,18H2,(H,19,21)(H,20,22). The molecule has 0 saturated carbocycles. The molecule has 0 bridgehead atoms. The number of anilines is 1. The van der Waals surface area contributed by atoms with Crippen molar-refractivity contribution < 1.29 is 4.79 Å². The molecule has 5 nitrogen and oxygen atoms in total. The van der Waals surface area contributed by atoms with E-state index >= 15 is 0 Å². The summed E-state index contributed by atoms with van der Waals surface area (Å²) in [5.41, 5.74) is 8.61. The summed E-state index contributed by atoms with van der Waals surface area (Å²) in [6.45, 7) is 0.604. The van der Waals surface area contributed by atoms with Crippen molar-refractivity contribution in [1.82, 2.24) is 10.2 Å². The number of hydrogen-bond acceptors (Lipinski definition) is 3. The van der Waals surface area contributed by atoms with Crippen molar-refractivity contribution in [2.75, 3.05) is 11.9 Å². The maximum atomic E-state index is 12.5. The highest BCUT2D eigenvalue weighted by Gasteiger charge is 2.13. The summed E-state index contributed by atoms with van der Waals surface area (Å²) in [5, 5.41) is 10.9. The van der Waals surface area contributed by atoms with Gasteiger partial charge in [-0.15, -0.1) is 0 Å². The predicted octanol–water partition coefficient (Wildman–Crippen LogP) is 2.97. The second kappa shape index (κ2) is 6.17. The van der Waals surface area contributed by atoms with E-state index in [1.807, 2.05) is 24.3 Å². The lowest BCUT2D eigenvalue weighted by molar-refractivity contribution is 0.102. The number of nitrogens with one attached hydrogen (secondary N) is 2. The van der Waals surface area contributed by atoms with Crippen LogP contribution in [-0.4, -0.2) is 22.6 Å². The van der Waals surface area contributed by atoms with Crippen LogP contribution in [0.3, 0.4) is 0 Å². The smallest absolute Gasteiger partial charge is 0.256 e. The Morgan fingerprint density at radius 1 is 1.27 bits per heavy atom. The number of aromatic amines is 1. The Morgan fingerprint density at radius 3 is 2.77 bits per heavy atom. The van der Waals surface area contributed by atoms with E-state index < -0.39 is 0 Å². The minimum absolute atomic E-state index is 0.222. The van der Waals surface area contributed by atoms with Crippen LogP contribution < -0.4 is 11.1 Å². The topological polar surface area (TPSA) is 83.8 Å². The maximum Gasteiger partial charge on any atom is 0.256 e. The Hall–Kier alpha value is -2.37. The van der Waals surface area contributed by atoms with Crippen molar-refractivity contribution in [3.63, 3.8) is 0 Å². The lowest BCUT2D eigenvalue weighted by atomic mass is 10.1. The molecule has 2 aromatic carbocycles. The van der Waals surface area contributed by atoms with Gasteiger partial charge in [0.2, 0.25) is 0 Å². The number of benzene rings is 2. The highest BCUT2D eigenvalue weighted by Crippen LogP contribution is 2.23. The third kappa shape index (κ3) is 2.95. The second-order valence-corrected chi connectivity index (χ2v) is 5.41. The van der Waals surface area contributed by atoms with Crippen molar-refractivity contribution >= 4 is 34.1 Å².